The zero-order chi connectivity index (χ0) is 27.1. The molecule has 1 heterocycles. The summed E-state index contributed by atoms with van der Waals surface area (Å²) in [5.74, 6) is 5.75. The molecule has 0 saturated heterocycles. The monoisotopic (exact) mass is 519 g/mol. The molecule has 38 heavy (non-hydrogen) atoms. The van der Waals surface area contributed by atoms with Gasteiger partial charge in [-0.1, -0.05) is 59.6 Å². The van der Waals surface area contributed by atoms with Crippen LogP contribution in [0.1, 0.15) is 123 Å². The normalized spacial score (nSPS) is 38.0. The summed E-state index contributed by atoms with van der Waals surface area (Å²) in [7, 11) is 0. The van der Waals surface area contributed by atoms with Gasteiger partial charge in [0.25, 0.3) is 0 Å². The SMILES string of the molecule is CC[C@@H](CC(C)C)C[C@@H](C)[C@@H]1CC[C@@H]2[C@@H]3CC=C4C[C@@H](OC(=O)c5cccnc5)CC[C@]4(C)[C@H]3CC[C@@]21C. The predicted octanol–water partition coefficient (Wildman–Crippen LogP) is 9.28. The number of ether oxygens (including phenoxy) is 1. The van der Waals surface area contributed by atoms with Crippen molar-refractivity contribution in [2.24, 2.45) is 52.3 Å². The fourth-order valence-electron chi connectivity index (χ4n) is 10.2. The van der Waals surface area contributed by atoms with E-state index < -0.39 is 0 Å². The molecule has 0 aliphatic heterocycles. The number of nitrogens with zero attached hydrogens (tertiary/aromatic N) is 1. The van der Waals surface area contributed by atoms with Gasteiger partial charge in [0.15, 0.2) is 0 Å². The molecule has 3 heteroatoms. The van der Waals surface area contributed by atoms with E-state index in [9.17, 15) is 4.79 Å². The highest BCUT2D eigenvalue weighted by atomic mass is 16.5. The van der Waals surface area contributed by atoms with Crippen molar-refractivity contribution in [3.8, 4) is 0 Å². The molecule has 0 amide bonds. The molecule has 9 atom stereocenters. The standard InChI is InChI=1S/C35H53NO2/c1-7-25(19-23(2)3)20-24(4)30-12-13-31-29-11-10-27-21-28(38-33(37)26-9-8-18-36-22-26)14-16-34(27,5)32(29)15-17-35(30,31)6/h8-10,18,22-25,28-32H,7,11-17,19-21H2,1-6H3/t24-,25+,28+,29+,30+,31-,32+,34+,35-/m1/s1. The fraction of sp³-hybridized carbons (Fsp3) is 0.771. The van der Waals surface area contributed by atoms with E-state index in [1.807, 2.05) is 0 Å². The third-order valence-electron chi connectivity index (χ3n) is 12.1. The van der Waals surface area contributed by atoms with Crippen molar-refractivity contribution in [2.45, 2.75) is 118 Å². The highest BCUT2D eigenvalue weighted by molar-refractivity contribution is 5.89. The molecule has 4 aliphatic carbocycles. The van der Waals surface area contributed by atoms with Gasteiger partial charge in [-0.05, 0) is 122 Å². The summed E-state index contributed by atoms with van der Waals surface area (Å²) in [5, 5.41) is 0. The molecule has 0 aromatic carbocycles. The molecule has 1 aromatic heterocycles. The van der Waals surface area contributed by atoms with E-state index in [4.69, 9.17) is 4.74 Å². The Morgan fingerprint density at radius 1 is 1.08 bits per heavy atom. The summed E-state index contributed by atoms with van der Waals surface area (Å²) in [5.41, 5.74) is 2.95. The maximum atomic E-state index is 12.7. The molecule has 3 nitrogen and oxygen atoms in total. The Morgan fingerprint density at radius 3 is 2.61 bits per heavy atom. The van der Waals surface area contributed by atoms with Crippen LogP contribution in [-0.2, 0) is 4.74 Å². The number of hydrogen-bond donors (Lipinski definition) is 0. The Balaban J connectivity index is 1.26. The Bertz CT molecular complexity index is 1000. The smallest absolute Gasteiger partial charge is 0.339 e. The Kier molecular flexibility index (Phi) is 8.14. The van der Waals surface area contributed by atoms with Crippen LogP contribution in [0.25, 0.3) is 0 Å². The molecule has 0 bridgehead atoms. The van der Waals surface area contributed by atoms with Crippen LogP contribution in [-0.4, -0.2) is 17.1 Å². The predicted molar refractivity (Wildman–Crippen MR) is 156 cm³/mol. The van der Waals surface area contributed by atoms with Crippen molar-refractivity contribution in [3.63, 3.8) is 0 Å². The Hall–Kier alpha value is -1.64. The second-order valence-electron chi connectivity index (χ2n) is 14.6. The van der Waals surface area contributed by atoms with E-state index in [2.05, 4.69) is 52.6 Å². The number of carbonyl (C=O) groups is 1. The highest BCUT2D eigenvalue weighted by Gasteiger charge is 2.59. The molecule has 4 aliphatic rings. The van der Waals surface area contributed by atoms with Crippen molar-refractivity contribution in [2.75, 3.05) is 0 Å². The molecule has 5 rings (SSSR count). The summed E-state index contributed by atoms with van der Waals surface area (Å²) in [4.78, 5) is 16.8. The van der Waals surface area contributed by atoms with Crippen LogP contribution in [0.5, 0.6) is 0 Å². The minimum absolute atomic E-state index is 0.00139. The number of aromatic nitrogens is 1. The van der Waals surface area contributed by atoms with Crippen molar-refractivity contribution >= 4 is 5.97 Å². The molecule has 210 valence electrons. The summed E-state index contributed by atoms with van der Waals surface area (Å²) >= 11 is 0. The van der Waals surface area contributed by atoms with E-state index >= 15 is 0 Å². The van der Waals surface area contributed by atoms with Crippen LogP contribution in [0.4, 0.5) is 0 Å². The van der Waals surface area contributed by atoms with Crippen molar-refractivity contribution < 1.29 is 9.53 Å². The van der Waals surface area contributed by atoms with Crippen LogP contribution in [0, 0.1) is 52.3 Å². The molecule has 3 fully saturated rings. The first kappa shape index (κ1) is 27.9. The lowest BCUT2D eigenvalue weighted by molar-refractivity contribution is -0.0602. The first-order valence-corrected chi connectivity index (χ1v) is 16.0. The van der Waals surface area contributed by atoms with Gasteiger partial charge in [0, 0.05) is 18.8 Å². The van der Waals surface area contributed by atoms with Gasteiger partial charge in [-0.2, -0.15) is 0 Å². The summed E-state index contributed by atoms with van der Waals surface area (Å²) in [6.07, 6.45) is 20.1. The van der Waals surface area contributed by atoms with E-state index in [0.29, 0.717) is 11.0 Å². The first-order valence-electron chi connectivity index (χ1n) is 16.0. The van der Waals surface area contributed by atoms with Crippen molar-refractivity contribution in [3.05, 3.63) is 41.7 Å². The maximum absolute atomic E-state index is 12.7. The quantitative estimate of drug-likeness (QED) is 0.254. The van der Waals surface area contributed by atoms with Crippen LogP contribution < -0.4 is 0 Å². The number of hydrogen-bond acceptors (Lipinski definition) is 3. The lowest BCUT2D eigenvalue weighted by Gasteiger charge is -2.58. The zero-order valence-corrected chi connectivity index (χ0v) is 25.0. The minimum Gasteiger partial charge on any atom is -0.458 e. The molecule has 0 unspecified atom stereocenters. The van der Waals surface area contributed by atoms with Crippen molar-refractivity contribution in [1.82, 2.24) is 4.98 Å². The Morgan fingerprint density at radius 2 is 1.89 bits per heavy atom. The van der Waals surface area contributed by atoms with Crippen LogP contribution in [0.2, 0.25) is 0 Å². The van der Waals surface area contributed by atoms with Gasteiger partial charge in [0.2, 0.25) is 0 Å². The summed E-state index contributed by atoms with van der Waals surface area (Å²) in [6.45, 7) is 15.1. The van der Waals surface area contributed by atoms with Crippen molar-refractivity contribution in [1.29, 1.82) is 0 Å². The van der Waals surface area contributed by atoms with Gasteiger partial charge in [0.05, 0.1) is 5.56 Å². The second-order valence-corrected chi connectivity index (χ2v) is 14.6. The van der Waals surface area contributed by atoms with Gasteiger partial charge < -0.3 is 4.74 Å². The lowest BCUT2D eigenvalue weighted by Crippen LogP contribution is -2.51. The molecular weight excluding hydrogens is 466 g/mol. The van der Waals surface area contributed by atoms with Gasteiger partial charge in [-0.3, -0.25) is 4.98 Å². The molecule has 1 aromatic rings. The number of rotatable bonds is 8. The van der Waals surface area contributed by atoms with Gasteiger partial charge in [-0.15, -0.1) is 0 Å². The van der Waals surface area contributed by atoms with E-state index in [-0.39, 0.29) is 17.5 Å². The lowest BCUT2D eigenvalue weighted by atomic mass is 9.47. The first-order chi connectivity index (χ1) is 18.2. The average Bonchev–Trinajstić information content (AvgIpc) is 3.26. The number of allylic oxidation sites excluding steroid dienone is 1. The summed E-state index contributed by atoms with van der Waals surface area (Å²) in [6, 6.07) is 3.60. The van der Waals surface area contributed by atoms with Gasteiger partial charge in [-0.25, -0.2) is 4.79 Å². The molecule has 0 spiro atoms. The van der Waals surface area contributed by atoms with E-state index in [0.717, 1.165) is 60.7 Å². The number of carbonyl (C=O) groups excluding carboxylic acids is 1. The zero-order valence-electron chi connectivity index (χ0n) is 25.0. The second kappa shape index (κ2) is 11.1. The maximum Gasteiger partial charge on any atom is 0.339 e. The summed E-state index contributed by atoms with van der Waals surface area (Å²) < 4.78 is 5.98. The molecule has 0 N–H and O–H groups in total. The number of fused-ring (bicyclic) bond motifs is 5. The highest BCUT2D eigenvalue weighted by Crippen LogP contribution is 2.67. The number of pyridine rings is 1. The third-order valence-corrected chi connectivity index (χ3v) is 12.1. The van der Waals surface area contributed by atoms with Crippen LogP contribution in [0.3, 0.4) is 0 Å². The van der Waals surface area contributed by atoms with Gasteiger partial charge >= 0.3 is 5.97 Å². The minimum atomic E-state index is -0.223. The van der Waals surface area contributed by atoms with E-state index in [1.54, 1.807) is 30.1 Å². The van der Waals surface area contributed by atoms with Gasteiger partial charge in [0.1, 0.15) is 6.10 Å². The largest absolute Gasteiger partial charge is 0.458 e. The molecular formula is C35H53NO2. The average molecular weight is 520 g/mol. The topological polar surface area (TPSA) is 39.2 Å². The molecule has 3 saturated carbocycles. The third kappa shape index (κ3) is 5.13. The van der Waals surface area contributed by atoms with Crippen LogP contribution >= 0.6 is 0 Å². The fourth-order valence-corrected chi connectivity index (χ4v) is 10.2. The molecule has 0 radical (unpaired) electrons. The Labute approximate surface area is 232 Å². The van der Waals surface area contributed by atoms with Crippen LogP contribution in [0.15, 0.2) is 36.2 Å². The number of esters is 1. The van der Waals surface area contributed by atoms with E-state index in [1.165, 1.54) is 51.4 Å².